The molecule has 0 N–H and O–H groups in total. The van der Waals surface area contributed by atoms with Crippen molar-refractivity contribution in [3.8, 4) is 6.07 Å². The van der Waals surface area contributed by atoms with Gasteiger partial charge in [-0.05, 0) is 79.9 Å². The molecule has 124 valence electrons. The predicted octanol–water partition coefficient (Wildman–Crippen LogP) is 6.97. The summed E-state index contributed by atoms with van der Waals surface area (Å²) in [7, 11) is 0. The zero-order valence-corrected chi connectivity index (χ0v) is 15.3. The molecule has 2 saturated carbocycles. The zero-order valence-electron chi connectivity index (χ0n) is 13.8. The molecule has 2 fully saturated rings. The lowest BCUT2D eigenvalue weighted by Gasteiger charge is -2.37. The normalized spacial score (nSPS) is 31.6. The Morgan fingerprint density at radius 2 is 1.35 bits per heavy atom. The zero-order chi connectivity index (χ0) is 16.4. The summed E-state index contributed by atoms with van der Waals surface area (Å²) in [6.07, 6.45) is 10.8. The Kier molecular flexibility index (Phi) is 5.55. The summed E-state index contributed by atoms with van der Waals surface area (Å²) in [5.41, 5.74) is 1.62. The first-order chi connectivity index (χ1) is 11.1. The number of benzene rings is 1. The molecule has 0 unspecified atom stereocenters. The van der Waals surface area contributed by atoms with E-state index >= 15 is 0 Å². The number of rotatable bonds is 2. The smallest absolute Gasteiger partial charge is 0.102 e. The Balaban J connectivity index is 1.62. The van der Waals surface area contributed by atoms with Crippen molar-refractivity contribution in [3.05, 3.63) is 33.3 Å². The molecule has 2 aliphatic rings. The van der Waals surface area contributed by atoms with Crippen LogP contribution < -0.4 is 0 Å². The molecule has 0 aromatic heterocycles. The summed E-state index contributed by atoms with van der Waals surface area (Å²) in [6, 6.07) is 6.00. The Bertz CT molecular complexity index is 565. The van der Waals surface area contributed by atoms with Gasteiger partial charge in [0.1, 0.15) is 6.07 Å². The first-order valence-electron chi connectivity index (χ1n) is 8.97. The van der Waals surface area contributed by atoms with Gasteiger partial charge in [0, 0.05) is 0 Å². The summed E-state index contributed by atoms with van der Waals surface area (Å²) in [5.74, 6) is 3.37. The summed E-state index contributed by atoms with van der Waals surface area (Å²) in [5, 5.41) is 10.1. The molecule has 0 saturated heterocycles. The lowest BCUT2D eigenvalue weighted by molar-refractivity contribution is 0.165. The molecule has 2 aliphatic carbocycles. The maximum absolute atomic E-state index is 9.08. The Morgan fingerprint density at radius 1 is 0.870 bits per heavy atom. The van der Waals surface area contributed by atoms with Crippen molar-refractivity contribution in [2.75, 3.05) is 0 Å². The third kappa shape index (κ3) is 3.86. The van der Waals surface area contributed by atoms with E-state index in [0.29, 0.717) is 21.5 Å². The molecule has 23 heavy (non-hydrogen) atoms. The summed E-state index contributed by atoms with van der Waals surface area (Å²) < 4.78 is 0. The summed E-state index contributed by atoms with van der Waals surface area (Å²) >= 11 is 12.4. The fourth-order valence-corrected chi connectivity index (χ4v) is 5.20. The highest BCUT2D eigenvalue weighted by atomic mass is 35.5. The lowest BCUT2D eigenvalue weighted by Crippen LogP contribution is -2.24. The number of nitriles is 1. The average molecular weight is 350 g/mol. The minimum Gasteiger partial charge on any atom is -0.192 e. The van der Waals surface area contributed by atoms with Gasteiger partial charge in [0.25, 0.3) is 0 Å². The fourth-order valence-electron chi connectivity index (χ4n) is 4.62. The number of hydrogen-bond donors (Lipinski definition) is 0. The van der Waals surface area contributed by atoms with Crippen molar-refractivity contribution in [3.63, 3.8) is 0 Å². The van der Waals surface area contributed by atoms with E-state index in [2.05, 4.69) is 13.0 Å². The maximum atomic E-state index is 9.08. The van der Waals surface area contributed by atoms with Gasteiger partial charge in [0.05, 0.1) is 15.6 Å². The summed E-state index contributed by atoms with van der Waals surface area (Å²) in [6.45, 7) is 2.39. The third-order valence-electron chi connectivity index (χ3n) is 6.15. The second kappa shape index (κ2) is 7.45. The van der Waals surface area contributed by atoms with Crippen molar-refractivity contribution in [1.82, 2.24) is 0 Å². The predicted molar refractivity (Wildman–Crippen MR) is 97.0 cm³/mol. The van der Waals surface area contributed by atoms with Gasteiger partial charge < -0.3 is 0 Å². The van der Waals surface area contributed by atoms with Gasteiger partial charge in [-0.25, -0.2) is 0 Å². The van der Waals surface area contributed by atoms with E-state index in [0.717, 1.165) is 17.8 Å². The molecule has 1 nitrogen and oxygen atoms in total. The van der Waals surface area contributed by atoms with Gasteiger partial charge in [0.15, 0.2) is 0 Å². The highest BCUT2D eigenvalue weighted by Gasteiger charge is 2.30. The third-order valence-corrected chi connectivity index (χ3v) is 6.74. The molecule has 1 aromatic rings. The van der Waals surface area contributed by atoms with Gasteiger partial charge in [-0.3, -0.25) is 0 Å². The van der Waals surface area contributed by atoms with Crippen LogP contribution in [0.3, 0.4) is 0 Å². The number of halogens is 2. The molecule has 3 rings (SSSR count). The molecule has 0 heterocycles. The van der Waals surface area contributed by atoms with Crippen LogP contribution in [0, 0.1) is 29.1 Å². The lowest BCUT2D eigenvalue weighted by atomic mass is 9.68. The second-order valence-electron chi connectivity index (χ2n) is 7.60. The Morgan fingerprint density at radius 3 is 1.83 bits per heavy atom. The standard InChI is InChI=1S/C20H25Cl2N/c1-13-2-4-14(5-3-13)15-6-8-16(9-7-15)17-10-19(21)18(12-23)20(22)11-17/h10-11,13-16H,2-9H2,1H3/t13-,14-,15-,16-. The Labute approximate surface area is 150 Å². The van der Waals surface area contributed by atoms with Gasteiger partial charge in [-0.1, -0.05) is 43.0 Å². The van der Waals surface area contributed by atoms with Crippen LogP contribution in [-0.2, 0) is 0 Å². The van der Waals surface area contributed by atoms with E-state index in [1.54, 1.807) is 0 Å². The molecule has 0 spiro atoms. The van der Waals surface area contributed by atoms with E-state index in [1.165, 1.54) is 56.9 Å². The van der Waals surface area contributed by atoms with Crippen LogP contribution in [0.15, 0.2) is 12.1 Å². The fraction of sp³-hybridized carbons (Fsp3) is 0.650. The van der Waals surface area contributed by atoms with Crippen LogP contribution in [0.25, 0.3) is 0 Å². The van der Waals surface area contributed by atoms with Crippen molar-refractivity contribution in [2.24, 2.45) is 17.8 Å². The topological polar surface area (TPSA) is 23.8 Å². The van der Waals surface area contributed by atoms with Gasteiger partial charge in [-0.15, -0.1) is 0 Å². The molecular weight excluding hydrogens is 325 g/mol. The van der Waals surface area contributed by atoms with Crippen molar-refractivity contribution >= 4 is 23.2 Å². The van der Waals surface area contributed by atoms with Crippen LogP contribution in [0.2, 0.25) is 10.0 Å². The van der Waals surface area contributed by atoms with Crippen LogP contribution in [0.5, 0.6) is 0 Å². The van der Waals surface area contributed by atoms with E-state index in [-0.39, 0.29) is 0 Å². The van der Waals surface area contributed by atoms with Crippen molar-refractivity contribution in [2.45, 2.75) is 64.2 Å². The van der Waals surface area contributed by atoms with Crippen LogP contribution in [0.1, 0.15) is 75.3 Å². The van der Waals surface area contributed by atoms with E-state index in [4.69, 9.17) is 28.5 Å². The van der Waals surface area contributed by atoms with Crippen molar-refractivity contribution in [1.29, 1.82) is 5.26 Å². The van der Waals surface area contributed by atoms with Crippen LogP contribution in [0.4, 0.5) is 0 Å². The van der Waals surface area contributed by atoms with Crippen LogP contribution in [-0.4, -0.2) is 0 Å². The van der Waals surface area contributed by atoms with Gasteiger partial charge >= 0.3 is 0 Å². The Hall–Kier alpha value is -0.710. The molecule has 0 radical (unpaired) electrons. The molecule has 1 aromatic carbocycles. The second-order valence-corrected chi connectivity index (χ2v) is 8.42. The molecular formula is C20H25Cl2N. The quantitative estimate of drug-likeness (QED) is 0.565. The number of hydrogen-bond acceptors (Lipinski definition) is 1. The average Bonchev–Trinajstić information content (AvgIpc) is 2.55. The monoisotopic (exact) mass is 349 g/mol. The van der Waals surface area contributed by atoms with Crippen molar-refractivity contribution < 1.29 is 0 Å². The van der Waals surface area contributed by atoms with Gasteiger partial charge in [0.2, 0.25) is 0 Å². The maximum Gasteiger partial charge on any atom is 0.102 e. The highest BCUT2D eigenvalue weighted by molar-refractivity contribution is 6.36. The summed E-state index contributed by atoms with van der Waals surface area (Å²) in [4.78, 5) is 0. The molecule has 0 bridgehead atoms. The van der Waals surface area contributed by atoms with Crippen LogP contribution >= 0.6 is 23.2 Å². The molecule has 0 atom stereocenters. The number of nitrogens with zero attached hydrogens (tertiary/aromatic N) is 1. The molecule has 0 amide bonds. The largest absolute Gasteiger partial charge is 0.192 e. The first kappa shape index (κ1) is 17.1. The minimum absolute atomic E-state index is 0.405. The van der Waals surface area contributed by atoms with E-state index in [9.17, 15) is 0 Å². The van der Waals surface area contributed by atoms with E-state index < -0.39 is 0 Å². The van der Waals surface area contributed by atoms with E-state index in [1.807, 2.05) is 12.1 Å². The first-order valence-corrected chi connectivity index (χ1v) is 9.73. The highest BCUT2D eigenvalue weighted by Crippen LogP contribution is 2.44. The molecule has 0 aliphatic heterocycles. The molecule has 3 heteroatoms. The minimum atomic E-state index is 0.405. The van der Waals surface area contributed by atoms with Gasteiger partial charge in [-0.2, -0.15) is 5.26 Å². The SMILES string of the molecule is C[C@H]1CC[C@H]([C@H]2CC[C@H](c3cc(Cl)c(C#N)c(Cl)c3)CC2)CC1.